The Labute approximate surface area is 145 Å². The fourth-order valence-electron chi connectivity index (χ4n) is 4.37. The molecule has 0 aromatic heterocycles. The lowest BCUT2D eigenvalue weighted by molar-refractivity contribution is 0.0540. The summed E-state index contributed by atoms with van der Waals surface area (Å²) in [5.41, 5.74) is 4.26. The van der Waals surface area contributed by atoms with Crippen LogP contribution < -0.4 is 14.2 Å². The average Bonchev–Trinajstić information content (AvgIpc) is 3.07. The van der Waals surface area contributed by atoms with Crippen LogP contribution in [0.15, 0.2) is 18.2 Å². The number of aliphatic hydroxyl groups excluding tert-OH is 1. The molecule has 5 rings (SSSR count). The highest BCUT2D eigenvalue weighted by Gasteiger charge is 2.43. The molecule has 130 valence electrons. The van der Waals surface area contributed by atoms with Gasteiger partial charge in [-0.05, 0) is 42.3 Å². The lowest BCUT2D eigenvalue weighted by atomic mass is 9.74. The average molecular weight is 341 g/mol. The predicted molar refractivity (Wildman–Crippen MR) is 90.3 cm³/mol. The minimum atomic E-state index is -0.757. The number of phenolic OH excluding ortho intramolecular Hbond substituents is 1. The number of ether oxygens (including phenoxy) is 3. The number of rotatable bonds is 1. The van der Waals surface area contributed by atoms with Crippen LogP contribution in [0.3, 0.4) is 0 Å². The third-order valence-corrected chi connectivity index (χ3v) is 5.52. The molecular weight excluding hydrogens is 322 g/mol. The molecule has 0 saturated carbocycles. The highest BCUT2D eigenvalue weighted by Crippen LogP contribution is 2.59. The Hall–Kier alpha value is -2.44. The number of nitrogens with zero attached hydrogens (tertiary/aromatic N) is 1. The van der Waals surface area contributed by atoms with Gasteiger partial charge >= 0.3 is 0 Å². The van der Waals surface area contributed by atoms with Crippen LogP contribution in [0.1, 0.15) is 28.8 Å². The van der Waals surface area contributed by atoms with Crippen molar-refractivity contribution in [3.8, 4) is 34.1 Å². The largest absolute Gasteiger partial charge is 0.507 e. The smallest absolute Gasteiger partial charge is 0.231 e. The van der Waals surface area contributed by atoms with Crippen molar-refractivity contribution >= 4 is 0 Å². The van der Waals surface area contributed by atoms with E-state index in [1.165, 1.54) is 0 Å². The lowest BCUT2D eigenvalue weighted by Crippen LogP contribution is -2.38. The molecule has 2 aliphatic heterocycles. The summed E-state index contributed by atoms with van der Waals surface area (Å²) in [6.07, 6.45) is 0.109. The van der Waals surface area contributed by atoms with Crippen molar-refractivity contribution < 1.29 is 24.4 Å². The molecule has 6 nitrogen and oxygen atoms in total. The van der Waals surface area contributed by atoms with E-state index in [-0.39, 0.29) is 18.6 Å². The van der Waals surface area contributed by atoms with E-state index in [1.807, 2.05) is 13.1 Å². The van der Waals surface area contributed by atoms with Gasteiger partial charge in [-0.25, -0.2) is 0 Å². The first-order valence-corrected chi connectivity index (χ1v) is 8.35. The lowest BCUT2D eigenvalue weighted by Gasteiger charge is -2.42. The van der Waals surface area contributed by atoms with Crippen molar-refractivity contribution in [1.82, 2.24) is 4.90 Å². The molecule has 3 aliphatic rings. The molecule has 0 fully saturated rings. The second kappa shape index (κ2) is 5.03. The van der Waals surface area contributed by atoms with Gasteiger partial charge in [0.2, 0.25) is 6.79 Å². The number of methoxy groups -OCH3 is 1. The number of likely N-dealkylation sites (N-methyl/N-ethyl adjacent to an activating group) is 1. The molecule has 1 aliphatic carbocycles. The van der Waals surface area contributed by atoms with Crippen molar-refractivity contribution in [2.75, 3.05) is 27.5 Å². The van der Waals surface area contributed by atoms with Gasteiger partial charge in [-0.3, -0.25) is 4.90 Å². The van der Waals surface area contributed by atoms with Crippen LogP contribution in [0.5, 0.6) is 23.0 Å². The number of hydrogen-bond acceptors (Lipinski definition) is 6. The molecule has 25 heavy (non-hydrogen) atoms. The number of phenols is 1. The summed E-state index contributed by atoms with van der Waals surface area (Å²) in [6, 6.07) is 5.19. The molecule has 2 atom stereocenters. The van der Waals surface area contributed by atoms with Gasteiger partial charge in [0.15, 0.2) is 11.5 Å². The Morgan fingerprint density at radius 3 is 2.84 bits per heavy atom. The van der Waals surface area contributed by atoms with Gasteiger partial charge in [-0.2, -0.15) is 0 Å². The molecule has 0 radical (unpaired) electrons. The number of hydrogen-bond donors (Lipinski definition) is 2. The minimum absolute atomic E-state index is 0.0752. The van der Waals surface area contributed by atoms with E-state index >= 15 is 0 Å². The summed E-state index contributed by atoms with van der Waals surface area (Å²) >= 11 is 0. The Morgan fingerprint density at radius 1 is 1.20 bits per heavy atom. The van der Waals surface area contributed by atoms with E-state index in [1.54, 1.807) is 19.2 Å². The topological polar surface area (TPSA) is 71.4 Å². The standard InChI is InChI=1S/C19H19NO5/c1-20-4-3-9-5-13-19(25-8-24-13)16-14(9)17(20)18(22)11-6-10(23-2)7-12(21)15(11)16/h5-7,17-18,21-22H,3-4,8H2,1-2H3. The van der Waals surface area contributed by atoms with E-state index in [4.69, 9.17) is 14.2 Å². The van der Waals surface area contributed by atoms with Crippen molar-refractivity contribution in [2.45, 2.75) is 18.6 Å². The molecule has 2 N–H and O–H groups in total. The SMILES string of the molecule is COc1cc(O)c2c(c1)C(O)C1c3c(cc4c(c3-2)OCO4)CCN1C. The number of aromatic hydroxyl groups is 1. The molecular formula is C19H19NO5. The van der Waals surface area contributed by atoms with Crippen LogP contribution in [0.4, 0.5) is 0 Å². The molecule has 0 amide bonds. The second-order valence-corrected chi connectivity index (χ2v) is 6.79. The maximum atomic E-state index is 11.1. The van der Waals surface area contributed by atoms with Crippen molar-refractivity contribution in [3.63, 3.8) is 0 Å². The van der Waals surface area contributed by atoms with Crippen LogP contribution in [-0.4, -0.2) is 42.6 Å². The van der Waals surface area contributed by atoms with E-state index in [0.29, 0.717) is 28.4 Å². The molecule has 6 heteroatoms. The Morgan fingerprint density at radius 2 is 2.04 bits per heavy atom. The van der Waals surface area contributed by atoms with Crippen molar-refractivity contribution in [1.29, 1.82) is 0 Å². The van der Waals surface area contributed by atoms with E-state index < -0.39 is 6.10 Å². The fraction of sp³-hybridized carbons (Fsp3) is 0.368. The van der Waals surface area contributed by atoms with Gasteiger partial charge in [0, 0.05) is 23.7 Å². The summed E-state index contributed by atoms with van der Waals surface area (Å²) in [7, 11) is 3.56. The van der Waals surface area contributed by atoms with Crippen molar-refractivity contribution in [3.05, 3.63) is 34.9 Å². The van der Waals surface area contributed by atoms with Crippen LogP contribution in [0.2, 0.25) is 0 Å². The van der Waals surface area contributed by atoms with Crippen LogP contribution in [-0.2, 0) is 6.42 Å². The van der Waals surface area contributed by atoms with Gasteiger partial charge < -0.3 is 24.4 Å². The van der Waals surface area contributed by atoms with Crippen LogP contribution in [0.25, 0.3) is 11.1 Å². The van der Waals surface area contributed by atoms with E-state index in [9.17, 15) is 10.2 Å². The maximum Gasteiger partial charge on any atom is 0.231 e. The fourth-order valence-corrected chi connectivity index (χ4v) is 4.37. The van der Waals surface area contributed by atoms with Gasteiger partial charge in [-0.15, -0.1) is 0 Å². The molecule has 2 aromatic carbocycles. The zero-order chi connectivity index (χ0) is 17.3. The Bertz CT molecular complexity index is 894. The predicted octanol–water partition coefficient (Wildman–Crippen LogP) is 2.37. The summed E-state index contributed by atoms with van der Waals surface area (Å²) in [5, 5.41) is 21.8. The van der Waals surface area contributed by atoms with E-state index in [0.717, 1.165) is 29.7 Å². The summed E-state index contributed by atoms with van der Waals surface area (Å²) in [5.74, 6) is 1.94. The van der Waals surface area contributed by atoms with Crippen LogP contribution >= 0.6 is 0 Å². The van der Waals surface area contributed by atoms with Gasteiger partial charge in [0.1, 0.15) is 11.5 Å². The number of benzene rings is 2. The highest BCUT2D eigenvalue weighted by molar-refractivity contribution is 5.88. The Kier molecular flexibility index (Phi) is 2.99. The first kappa shape index (κ1) is 14.9. The van der Waals surface area contributed by atoms with Gasteiger partial charge in [-0.1, -0.05) is 0 Å². The minimum Gasteiger partial charge on any atom is -0.507 e. The molecule has 0 saturated heterocycles. The third-order valence-electron chi connectivity index (χ3n) is 5.52. The normalized spacial score (nSPS) is 23.2. The molecule has 2 unspecified atom stereocenters. The Balaban J connectivity index is 1.90. The molecule has 2 heterocycles. The highest BCUT2D eigenvalue weighted by atomic mass is 16.7. The second-order valence-electron chi connectivity index (χ2n) is 6.79. The van der Waals surface area contributed by atoms with Gasteiger partial charge in [0.25, 0.3) is 0 Å². The third kappa shape index (κ3) is 1.86. The maximum absolute atomic E-state index is 11.1. The molecule has 0 bridgehead atoms. The van der Waals surface area contributed by atoms with Crippen LogP contribution in [0, 0.1) is 0 Å². The summed E-state index contributed by atoms with van der Waals surface area (Å²) in [4.78, 5) is 2.15. The molecule has 2 aromatic rings. The first-order valence-electron chi connectivity index (χ1n) is 8.35. The van der Waals surface area contributed by atoms with E-state index in [2.05, 4.69) is 4.90 Å². The van der Waals surface area contributed by atoms with Crippen molar-refractivity contribution in [2.24, 2.45) is 0 Å². The monoisotopic (exact) mass is 341 g/mol. The first-order chi connectivity index (χ1) is 12.1. The summed E-state index contributed by atoms with van der Waals surface area (Å²) < 4.78 is 16.6. The number of aliphatic hydroxyl groups is 1. The van der Waals surface area contributed by atoms with Gasteiger partial charge in [0.05, 0.1) is 19.3 Å². The number of fused-ring (bicyclic) bond motifs is 4. The quantitative estimate of drug-likeness (QED) is 0.830. The zero-order valence-corrected chi connectivity index (χ0v) is 14.1. The molecule has 0 spiro atoms. The summed E-state index contributed by atoms with van der Waals surface area (Å²) in [6.45, 7) is 1.01. The zero-order valence-electron chi connectivity index (χ0n) is 14.1.